The fourth-order valence-corrected chi connectivity index (χ4v) is 2.69. The fraction of sp³-hybridized carbons (Fsp3) is 1.00. The van der Waals surface area contributed by atoms with Crippen LogP contribution in [0, 0.1) is 5.92 Å². The van der Waals surface area contributed by atoms with Crippen LogP contribution in [0.5, 0.6) is 0 Å². The van der Waals surface area contributed by atoms with Gasteiger partial charge in [-0.25, -0.2) is 8.37 Å². The first-order valence-electron chi connectivity index (χ1n) is 6.58. The van der Waals surface area contributed by atoms with Crippen molar-refractivity contribution in [2.75, 3.05) is 0 Å². The third kappa shape index (κ3) is 6.37. The average Bonchev–Trinajstić information content (AvgIpc) is 2.35. The summed E-state index contributed by atoms with van der Waals surface area (Å²) < 4.78 is 125. The van der Waals surface area contributed by atoms with Gasteiger partial charge in [-0.3, -0.25) is 0 Å². The van der Waals surface area contributed by atoms with Crippen LogP contribution in [0.4, 0.5) is 26.3 Å². The maximum Gasteiger partial charge on any atom is 0.523 e. The summed E-state index contributed by atoms with van der Waals surface area (Å²) in [5, 5.41) is 0. The first-order chi connectivity index (χ1) is 10.6. The van der Waals surface area contributed by atoms with E-state index in [2.05, 4.69) is 8.37 Å². The molecule has 1 atom stereocenters. The number of hydrogen-bond donors (Lipinski definition) is 0. The van der Waals surface area contributed by atoms with E-state index in [1.807, 2.05) is 0 Å². The van der Waals surface area contributed by atoms with E-state index in [1.165, 1.54) is 6.92 Å². The van der Waals surface area contributed by atoms with Gasteiger partial charge in [-0.15, -0.1) is 0 Å². The number of alkyl halides is 6. The number of rotatable bonds is 9. The van der Waals surface area contributed by atoms with Gasteiger partial charge in [0.1, 0.15) is 0 Å². The molecule has 146 valence electrons. The van der Waals surface area contributed by atoms with E-state index in [4.69, 9.17) is 0 Å². The van der Waals surface area contributed by atoms with Gasteiger partial charge in [-0.1, -0.05) is 26.7 Å². The van der Waals surface area contributed by atoms with Crippen LogP contribution in [0.15, 0.2) is 0 Å². The Morgan fingerprint density at radius 1 is 0.833 bits per heavy atom. The van der Waals surface area contributed by atoms with Crippen molar-refractivity contribution in [2.45, 2.75) is 56.8 Å². The Hall–Kier alpha value is -0.600. The molecule has 0 aliphatic rings. The highest BCUT2D eigenvalue weighted by molar-refractivity contribution is 7.88. The lowest BCUT2D eigenvalue weighted by Crippen LogP contribution is -2.39. The molecule has 0 heterocycles. The SMILES string of the molecule is CCCC[C@H](CC)C(OS(=O)(=O)C(F)(F)F)OS(=O)(=O)C(F)(F)F. The molecule has 14 heteroatoms. The van der Waals surface area contributed by atoms with Crippen molar-refractivity contribution in [3.8, 4) is 0 Å². The van der Waals surface area contributed by atoms with Gasteiger partial charge in [0, 0.05) is 5.92 Å². The van der Waals surface area contributed by atoms with E-state index in [0.29, 0.717) is 6.42 Å². The molecule has 0 unspecified atom stereocenters. The molecule has 0 spiro atoms. The van der Waals surface area contributed by atoms with Crippen LogP contribution in [0.2, 0.25) is 0 Å². The molecule has 0 aromatic heterocycles. The van der Waals surface area contributed by atoms with Crippen LogP contribution in [0.1, 0.15) is 39.5 Å². The number of unbranched alkanes of at least 4 members (excludes halogenated alkanes) is 1. The largest absolute Gasteiger partial charge is 0.523 e. The Balaban J connectivity index is 5.69. The zero-order valence-corrected chi connectivity index (χ0v) is 14.1. The standard InChI is InChI=1S/C10H16F6O6S2/c1-3-5-6-7(4-2)8(21-23(17,18)9(11,12)13)22-24(19,20)10(14,15)16/h7-8H,3-6H2,1-2H3/t7-/m0/s1. The van der Waals surface area contributed by atoms with Crippen molar-refractivity contribution in [3.63, 3.8) is 0 Å². The minimum atomic E-state index is -6.35. The van der Waals surface area contributed by atoms with E-state index < -0.39 is 43.5 Å². The predicted octanol–water partition coefficient (Wildman–Crippen LogP) is 3.26. The molecular weight excluding hydrogens is 394 g/mol. The van der Waals surface area contributed by atoms with Crippen LogP contribution in [-0.4, -0.2) is 34.1 Å². The first-order valence-corrected chi connectivity index (χ1v) is 9.39. The summed E-state index contributed by atoms with van der Waals surface area (Å²) in [5.41, 5.74) is -11.9. The lowest BCUT2D eigenvalue weighted by Gasteiger charge is -2.26. The molecule has 0 aliphatic carbocycles. The van der Waals surface area contributed by atoms with Gasteiger partial charge in [-0.05, 0) is 12.8 Å². The molecule has 0 N–H and O–H groups in total. The summed E-state index contributed by atoms with van der Waals surface area (Å²) in [6, 6.07) is 0. The normalized spacial score (nSPS) is 15.7. The van der Waals surface area contributed by atoms with Gasteiger partial charge in [0.2, 0.25) is 0 Å². The Morgan fingerprint density at radius 2 is 1.21 bits per heavy atom. The Bertz CT molecular complexity index is 548. The molecule has 0 aliphatic heterocycles. The highest BCUT2D eigenvalue weighted by atomic mass is 32.2. The van der Waals surface area contributed by atoms with E-state index in [1.54, 1.807) is 6.92 Å². The van der Waals surface area contributed by atoms with Crippen molar-refractivity contribution in [1.29, 1.82) is 0 Å². The second-order valence-corrected chi connectivity index (χ2v) is 7.80. The van der Waals surface area contributed by atoms with Gasteiger partial charge in [0.15, 0.2) is 6.29 Å². The van der Waals surface area contributed by atoms with Gasteiger partial charge < -0.3 is 0 Å². The predicted molar refractivity (Wildman–Crippen MR) is 69.2 cm³/mol. The second-order valence-electron chi connectivity index (χ2n) is 4.67. The maximum atomic E-state index is 12.3. The van der Waals surface area contributed by atoms with Crippen molar-refractivity contribution < 1.29 is 51.5 Å². The van der Waals surface area contributed by atoms with Crippen LogP contribution in [-0.2, 0) is 28.6 Å². The van der Waals surface area contributed by atoms with Crippen molar-refractivity contribution in [3.05, 3.63) is 0 Å². The first kappa shape index (κ1) is 23.4. The van der Waals surface area contributed by atoms with E-state index in [9.17, 15) is 43.2 Å². The molecule has 0 radical (unpaired) electrons. The fourth-order valence-electron chi connectivity index (χ4n) is 1.53. The van der Waals surface area contributed by atoms with Gasteiger partial charge >= 0.3 is 31.3 Å². The van der Waals surface area contributed by atoms with E-state index in [0.717, 1.165) is 0 Å². The Labute approximate surface area is 135 Å². The molecule has 0 saturated heterocycles. The quantitative estimate of drug-likeness (QED) is 0.251. The van der Waals surface area contributed by atoms with Crippen LogP contribution < -0.4 is 0 Å². The molecular formula is C10H16F6O6S2. The second kappa shape index (κ2) is 8.19. The highest BCUT2D eigenvalue weighted by Gasteiger charge is 2.53. The molecule has 0 aromatic carbocycles. The van der Waals surface area contributed by atoms with Crippen molar-refractivity contribution in [1.82, 2.24) is 0 Å². The summed E-state index contributed by atoms with van der Waals surface area (Å²) in [4.78, 5) is 0. The average molecular weight is 410 g/mol. The molecule has 0 bridgehead atoms. The Kier molecular flexibility index (Phi) is 7.98. The van der Waals surface area contributed by atoms with Crippen LogP contribution in [0.25, 0.3) is 0 Å². The number of halogens is 6. The maximum absolute atomic E-state index is 12.3. The number of hydrogen-bond acceptors (Lipinski definition) is 6. The van der Waals surface area contributed by atoms with Crippen molar-refractivity contribution in [2.24, 2.45) is 5.92 Å². The zero-order chi connectivity index (χ0) is 19.4. The van der Waals surface area contributed by atoms with Gasteiger partial charge in [-0.2, -0.15) is 43.2 Å². The third-order valence-electron chi connectivity index (χ3n) is 2.85. The van der Waals surface area contributed by atoms with E-state index >= 15 is 0 Å². The summed E-state index contributed by atoms with van der Waals surface area (Å²) >= 11 is 0. The molecule has 0 fully saturated rings. The summed E-state index contributed by atoms with van der Waals surface area (Å²) in [5.74, 6) is -1.32. The third-order valence-corrected chi connectivity index (χ3v) is 4.87. The van der Waals surface area contributed by atoms with Gasteiger partial charge in [0.25, 0.3) is 0 Å². The molecule has 0 amide bonds. The molecule has 24 heavy (non-hydrogen) atoms. The summed E-state index contributed by atoms with van der Waals surface area (Å²) in [6.07, 6.45) is -2.30. The lowest BCUT2D eigenvalue weighted by atomic mass is 9.99. The van der Waals surface area contributed by atoms with E-state index in [-0.39, 0.29) is 19.3 Å². The van der Waals surface area contributed by atoms with Gasteiger partial charge in [0.05, 0.1) is 0 Å². The minimum Gasteiger partial charge on any atom is -0.230 e. The molecule has 0 rings (SSSR count). The molecule has 0 saturated carbocycles. The monoisotopic (exact) mass is 410 g/mol. The van der Waals surface area contributed by atoms with Crippen LogP contribution in [0.3, 0.4) is 0 Å². The smallest absolute Gasteiger partial charge is 0.230 e. The summed E-state index contributed by atoms with van der Waals surface area (Å²) in [6.45, 7) is 2.96. The zero-order valence-electron chi connectivity index (χ0n) is 12.5. The Morgan fingerprint density at radius 3 is 1.46 bits per heavy atom. The highest BCUT2D eigenvalue weighted by Crippen LogP contribution is 2.33. The molecule has 6 nitrogen and oxygen atoms in total. The summed E-state index contributed by atoms with van der Waals surface area (Å²) in [7, 11) is -12.7. The van der Waals surface area contributed by atoms with Crippen molar-refractivity contribution >= 4 is 20.2 Å². The molecule has 0 aromatic rings. The minimum absolute atomic E-state index is 0.0988. The lowest BCUT2D eigenvalue weighted by molar-refractivity contribution is -0.101. The topological polar surface area (TPSA) is 86.7 Å². The van der Waals surface area contributed by atoms with Crippen LogP contribution >= 0.6 is 0 Å².